The molecule has 1 aromatic carbocycles. The molecule has 0 unspecified atom stereocenters. The number of furan rings is 1. The van der Waals surface area contributed by atoms with Gasteiger partial charge >= 0.3 is 0 Å². The van der Waals surface area contributed by atoms with E-state index in [1.165, 1.54) is 0 Å². The van der Waals surface area contributed by atoms with Crippen molar-refractivity contribution in [2.24, 2.45) is 0 Å². The molecule has 3 aromatic rings. The van der Waals surface area contributed by atoms with E-state index in [0.29, 0.717) is 17.1 Å². The average molecular weight is 309 g/mol. The van der Waals surface area contributed by atoms with Gasteiger partial charge in [0.05, 0.1) is 19.4 Å². The first-order valence-electron chi connectivity index (χ1n) is 7.32. The van der Waals surface area contributed by atoms with E-state index in [4.69, 9.17) is 4.42 Å². The van der Waals surface area contributed by atoms with Gasteiger partial charge in [-0.3, -0.25) is 9.89 Å². The van der Waals surface area contributed by atoms with E-state index in [9.17, 15) is 9.90 Å². The number of nitrogens with zero attached hydrogens (tertiary/aromatic N) is 2. The molecule has 6 heteroatoms. The van der Waals surface area contributed by atoms with Gasteiger partial charge in [-0.05, 0) is 17.7 Å². The Balaban J connectivity index is 1.48. The van der Waals surface area contributed by atoms with Crippen LogP contribution in [0.5, 0.6) is 0 Å². The van der Waals surface area contributed by atoms with E-state index >= 15 is 0 Å². The highest BCUT2D eigenvalue weighted by atomic mass is 16.3. The van der Waals surface area contributed by atoms with Crippen LogP contribution in [0, 0.1) is 0 Å². The molecule has 0 bridgehead atoms. The normalized spacial score (nSPS) is 16.1. The minimum Gasteiger partial charge on any atom is -0.463 e. The van der Waals surface area contributed by atoms with Crippen LogP contribution in [0.15, 0.2) is 59.2 Å². The van der Waals surface area contributed by atoms with Crippen LogP contribution in [0.1, 0.15) is 16.1 Å². The molecule has 1 aliphatic rings. The molecule has 2 aromatic heterocycles. The van der Waals surface area contributed by atoms with Crippen LogP contribution < -0.4 is 0 Å². The van der Waals surface area contributed by atoms with Crippen LogP contribution in [0.3, 0.4) is 0 Å². The van der Waals surface area contributed by atoms with Gasteiger partial charge in [0.15, 0.2) is 11.5 Å². The molecule has 1 aliphatic heterocycles. The number of likely N-dealkylation sites (tertiary alicyclic amines) is 1. The van der Waals surface area contributed by atoms with Crippen molar-refractivity contribution in [1.82, 2.24) is 15.1 Å². The number of benzene rings is 1. The fraction of sp³-hybridized carbons (Fsp3) is 0.176. The highest BCUT2D eigenvalue weighted by Crippen LogP contribution is 2.32. The van der Waals surface area contributed by atoms with Crippen molar-refractivity contribution in [3.05, 3.63) is 66.1 Å². The number of carbonyl (C=O) groups is 1. The smallest absolute Gasteiger partial charge is 0.274 e. The van der Waals surface area contributed by atoms with Gasteiger partial charge in [0.1, 0.15) is 11.3 Å². The summed E-state index contributed by atoms with van der Waals surface area (Å²) in [7, 11) is 0. The van der Waals surface area contributed by atoms with Gasteiger partial charge in [-0.25, -0.2) is 0 Å². The molecule has 6 nitrogen and oxygen atoms in total. The Labute approximate surface area is 132 Å². The summed E-state index contributed by atoms with van der Waals surface area (Å²) in [5, 5.41) is 17.4. The third kappa shape index (κ3) is 2.33. The predicted molar refractivity (Wildman–Crippen MR) is 82.5 cm³/mol. The number of amides is 1. The van der Waals surface area contributed by atoms with Crippen LogP contribution in [0.2, 0.25) is 0 Å². The van der Waals surface area contributed by atoms with E-state index in [1.807, 2.05) is 30.3 Å². The van der Waals surface area contributed by atoms with Gasteiger partial charge in [-0.2, -0.15) is 5.10 Å². The Morgan fingerprint density at radius 2 is 2.00 bits per heavy atom. The molecule has 116 valence electrons. The summed E-state index contributed by atoms with van der Waals surface area (Å²) in [6, 6.07) is 14.6. The van der Waals surface area contributed by atoms with Crippen molar-refractivity contribution in [1.29, 1.82) is 0 Å². The molecule has 1 fully saturated rings. The molecule has 3 heterocycles. The van der Waals surface area contributed by atoms with E-state index in [2.05, 4.69) is 10.2 Å². The first-order chi connectivity index (χ1) is 11.2. The summed E-state index contributed by atoms with van der Waals surface area (Å²) < 4.78 is 5.27. The summed E-state index contributed by atoms with van der Waals surface area (Å²) in [5.41, 5.74) is 0.808. The predicted octanol–water partition coefficient (Wildman–Crippen LogP) is 2.01. The quantitative estimate of drug-likeness (QED) is 0.775. The zero-order valence-corrected chi connectivity index (χ0v) is 12.3. The van der Waals surface area contributed by atoms with Gasteiger partial charge in [0, 0.05) is 6.07 Å². The summed E-state index contributed by atoms with van der Waals surface area (Å²) in [6.07, 6.45) is 1.56. The molecule has 0 atom stereocenters. The Hall–Kier alpha value is -2.86. The minimum atomic E-state index is -0.975. The highest BCUT2D eigenvalue weighted by molar-refractivity contribution is 5.94. The van der Waals surface area contributed by atoms with Crippen molar-refractivity contribution in [3.8, 4) is 11.5 Å². The van der Waals surface area contributed by atoms with Crippen molar-refractivity contribution in [3.63, 3.8) is 0 Å². The lowest BCUT2D eigenvalue weighted by atomic mass is 9.86. The lowest BCUT2D eigenvalue weighted by molar-refractivity contribution is -0.0865. The number of aliphatic hydroxyl groups is 1. The molecule has 4 rings (SSSR count). The van der Waals surface area contributed by atoms with Gasteiger partial charge in [-0.15, -0.1) is 0 Å². The number of hydrogen-bond acceptors (Lipinski definition) is 4. The highest BCUT2D eigenvalue weighted by Gasteiger charge is 2.45. The van der Waals surface area contributed by atoms with Crippen LogP contribution in [-0.2, 0) is 5.60 Å². The largest absolute Gasteiger partial charge is 0.463 e. The fourth-order valence-corrected chi connectivity index (χ4v) is 2.81. The van der Waals surface area contributed by atoms with Gasteiger partial charge in [-0.1, -0.05) is 30.3 Å². The second kappa shape index (κ2) is 5.10. The second-order valence-electron chi connectivity index (χ2n) is 5.70. The minimum absolute atomic E-state index is 0.209. The van der Waals surface area contributed by atoms with Crippen LogP contribution in [0.25, 0.3) is 11.5 Å². The Morgan fingerprint density at radius 3 is 2.70 bits per heavy atom. The van der Waals surface area contributed by atoms with Crippen LogP contribution in [0.4, 0.5) is 0 Å². The number of H-pyrrole nitrogens is 1. The topological polar surface area (TPSA) is 82.4 Å². The molecule has 1 saturated heterocycles. The number of rotatable bonds is 3. The van der Waals surface area contributed by atoms with Crippen molar-refractivity contribution in [2.45, 2.75) is 5.60 Å². The first kappa shape index (κ1) is 13.8. The van der Waals surface area contributed by atoms with E-state index < -0.39 is 5.60 Å². The third-order valence-electron chi connectivity index (χ3n) is 4.09. The second-order valence-corrected chi connectivity index (χ2v) is 5.70. The number of aromatic amines is 1. The van der Waals surface area contributed by atoms with E-state index in [0.717, 1.165) is 5.56 Å². The molecule has 2 N–H and O–H groups in total. The molecular weight excluding hydrogens is 294 g/mol. The SMILES string of the molecule is O=C(c1cc(-c2ccco2)[nH]n1)N1CC(O)(c2ccccc2)C1. The zero-order valence-electron chi connectivity index (χ0n) is 12.3. The Bertz CT molecular complexity index is 818. The average Bonchev–Trinajstić information content (AvgIpc) is 3.22. The third-order valence-corrected chi connectivity index (χ3v) is 4.09. The summed E-state index contributed by atoms with van der Waals surface area (Å²) in [6.45, 7) is 0.525. The van der Waals surface area contributed by atoms with Crippen molar-refractivity contribution < 1.29 is 14.3 Å². The maximum Gasteiger partial charge on any atom is 0.274 e. The molecule has 1 amide bonds. The Kier molecular flexibility index (Phi) is 3.06. The standard InChI is InChI=1S/C17H15N3O3/c21-16(14-9-13(18-19-14)15-7-4-8-23-15)20-10-17(22,11-20)12-5-2-1-3-6-12/h1-9,22H,10-11H2,(H,18,19). The lowest BCUT2D eigenvalue weighted by Crippen LogP contribution is -2.61. The first-order valence-corrected chi connectivity index (χ1v) is 7.32. The summed E-state index contributed by atoms with van der Waals surface area (Å²) in [4.78, 5) is 14.0. The monoisotopic (exact) mass is 309 g/mol. The number of carbonyl (C=O) groups excluding carboxylic acids is 1. The molecule has 0 spiro atoms. The van der Waals surface area contributed by atoms with E-state index in [-0.39, 0.29) is 19.0 Å². The van der Waals surface area contributed by atoms with Crippen molar-refractivity contribution >= 4 is 5.91 Å². The number of hydrogen-bond donors (Lipinski definition) is 2. The van der Waals surface area contributed by atoms with Crippen LogP contribution in [-0.4, -0.2) is 39.2 Å². The molecular formula is C17H15N3O3. The summed E-state index contributed by atoms with van der Waals surface area (Å²) in [5.74, 6) is 0.417. The van der Waals surface area contributed by atoms with Gasteiger partial charge in [0.25, 0.3) is 5.91 Å². The molecule has 0 aliphatic carbocycles. The molecule has 0 saturated carbocycles. The Morgan fingerprint density at radius 1 is 1.22 bits per heavy atom. The number of aromatic nitrogens is 2. The molecule has 0 radical (unpaired) electrons. The number of nitrogens with one attached hydrogen (secondary N) is 1. The summed E-state index contributed by atoms with van der Waals surface area (Å²) >= 11 is 0. The van der Waals surface area contributed by atoms with Crippen molar-refractivity contribution in [2.75, 3.05) is 13.1 Å². The maximum absolute atomic E-state index is 12.4. The van der Waals surface area contributed by atoms with Gasteiger partial charge in [0.2, 0.25) is 0 Å². The zero-order chi connectivity index (χ0) is 15.9. The maximum atomic E-state index is 12.4. The number of β-amino-alcohol motifs (C(OH)–C–C–N with tert-alkyl or cyclic N) is 1. The van der Waals surface area contributed by atoms with Gasteiger partial charge < -0.3 is 14.4 Å². The van der Waals surface area contributed by atoms with E-state index in [1.54, 1.807) is 29.4 Å². The van der Waals surface area contributed by atoms with Crippen LogP contribution >= 0.6 is 0 Å². The molecule has 23 heavy (non-hydrogen) atoms. The fourth-order valence-electron chi connectivity index (χ4n) is 2.81. The lowest BCUT2D eigenvalue weighted by Gasteiger charge is -2.46.